The average molecular weight is 382 g/mol. The molecule has 0 aliphatic carbocycles. The van der Waals surface area contributed by atoms with Crippen LogP contribution in [0.2, 0.25) is 0 Å². The van der Waals surface area contributed by atoms with Crippen molar-refractivity contribution in [1.29, 1.82) is 0 Å². The Hall–Kier alpha value is -3.24. The molecule has 0 saturated heterocycles. The zero-order valence-corrected chi connectivity index (χ0v) is 15.4. The maximum absolute atomic E-state index is 12.4. The fourth-order valence-electron chi connectivity index (χ4n) is 2.33. The Morgan fingerprint density at radius 2 is 1.78 bits per heavy atom. The minimum Gasteiger partial charge on any atom is -0.467 e. The van der Waals surface area contributed by atoms with Gasteiger partial charge in [0.05, 0.1) is 23.0 Å². The number of anilines is 1. The number of rotatable bonds is 9. The van der Waals surface area contributed by atoms with Crippen LogP contribution in [0.1, 0.15) is 27.2 Å². The van der Waals surface area contributed by atoms with E-state index < -0.39 is 45.2 Å². The van der Waals surface area contributed by atoms with Crippen molar-refractivity contribution >= 4 is 28.9 Å². The molecule has 11 heteroatoms. The SMILES string of the molecule is COC(=O)C(CC(C)C)NC(=O)C(C)Nc1ccc([N+](=O)[O-])cc1[N+](=O)[O-]. The third-order valence-corrected chi connectivity index (χ3v) is 3.66. The van der Waals surface area contributed by atoms with E-state index in [1.807, 2.05) is 13.8 Å². The van der Waals surface area contributed by atoms with Gasteiger partial charge in [-0.15, -0.1) is 0 Å². The van der Waals surface area contributed by atoms with Gasteiger partial charge in [0.15, 0.2) is 0 Å². The van der Waals surface area contributed by atoms with Gasteiger partial charge in [-0.1, -0.05) is 13.8 Å². The standard InChI is InChI=1S/C16H22N4O7/c1-9(2)7-13(16(22)27-4)18-15(21)10(3)17-12-6-5-11(19(23)24)8-14(12)20(25)26/h5-6,8-10,13,17H,7H2,1-4H3,(H,18,21). The second kappa shape index (κ2) is 9.46. The van der Waals surface area contributed by atoms with Crippen molar-refractivity contribution < 1.29 is 24.2 Å². The summed E-state index contributed by atoms with van der Waals surface area (Å²) in [5, 5.41) is 27.1. The lowest BCUT2D eigenvalue weighted by molar-refractivity contribution is -0.393. The third kappa shape index (κ3) is 6.20. The van der Waals surface area contributed by atoms with E-state index in [-0.39, 0.29) is 11.6 Å². The minimum atomic E-state index is -0.940. The molecule has 148 valence electrons. The highest BCUT2D eigenvalue weighted by Crippen LogP contribution is 2.29. The Kier molecular flexibility index (Phi) is 7.64. The van der Waals surface area contributed by atoms with Gasteiger partial charge in [-0.2, -0.15) is 0 Å². The van der Waals surface area contributed by atoms with Gasteiger partial charge in [0.2, 0.25) is 5.91 Å². The molecule has 2 atom stereocenters. The molecule has 0 aliphatic heterocycles. The Morgan fingerprint density at radius 3 is 2.26 bits per heavy atom. The summed E-state index contributed by atoms with van der Waals surface area (Å²) >= 11 is 0. The number of non-ortho nitro benzene ring substituents is 1. The van der Waals surface area contributed by atoms with Gasteiger partial charge >= 0.3 is 5.97 Å². The summed E-state index contributed by atoms with van der Waals surface area (Å²) in [5.74, 6) is -1.04. The molecule has 1 aromatic carbocycles. The van der Waals surface area contributed by atoms with Crippen molar-refractivity contribution in [2.24, 2.45) is 5.92 Å². The quantitative estimate of drug-likeness (QED) is 0.373. The largest absolute Gasteiger partial charge is 0.467 e. The van der Waals surface area contributed by atoms with Crippen LogP contribution in [0.15, 0.2) is 18.2 Å². The summed E-state index contributed by atoms with van der Waals surface area (Å²) in [4.78, 5) is 44.6. The van der Waals surface area contributed by atoms with Crippen molar-refractivity contribution in [2.75, 3.05) is 12.4 Å². The van der Waals surface area contributed by atoms with Crippen LogP contribution in [0.5, 0.6) is 0 Å². The first-order valence-corrected chi connectivity index (χ1v) is 8.14. The second-order valence-electron chi connectivity index (χ2n) is 6.30. The van der Waals surface area contributed by atoms with Crippen molar-refractivity contribution in [3.63, 3.8) is 0 Å². The van der Waals surface area contributed by atoms with Gasteiger partial charge in [-0.3, -0.25) is 25.0 Å². The summed E-state index contributed by atoms with van der Waals surface area (Å²) in [6.45, 7) is 5.21. The molecule has 2 unspecified atom stereocenters. The number of esters is 1. The molecule has 0 bridgehead atoms. The summed E-state index contributed by atoms with van der Waals surface area (Å²) in [7, 11) is 1.21. The smallest absolute Gasteiger partial charge is 0.328 e. The number of ether oxygens (including phenoxy) is 1. The number of methoxy groups -OCH3 is 1. The highest BCUT2D eigenvalue weighted by atomic mass is 16.6. The highest BCUT2D eigenvalue weighted by molar-refractivity contribution is 5.89. The summed E-state index contributed by atoms with van der Waals surface area (Å²) in [6.07, 6.45) is 0.364. The molecule has 11 nitrogen and oxygen atoms in total. The lowest BCUT2D eigenvalue weighted by atomic mass is 10.0. The normalized spacial score (nSPS) is 12.8. The average Bonchev–Trinajstić information content (AvgIpc) is 2.59. The zero-order valence-electron chi connectivity index (χ0n) is 15.4. The van der Waals surface area contributed by atoms with Crippen LogP contribution in [0.3, 0.4) is 0 Å². The summed E-state index contributed by atoms with van der Waals surface area (Å²) < 4.78 is 4.67. The Balaban J connectivity index is 2.95. The number of nitrogens with one attached hydrogen (secondary N) is 2. The molecule has 0 aromatic heterocycles. The first kappa shape index (κ1) is 21.8. The van der Waals surface area contributed by atoms with E-state index in [0.29, 0.717) is 6.42 Å². The minimum absolute atomic E-state index is 0.0493. The Morgan fingerprint density at radius 1 is 1.15 bits per heavy atom. The van der Waals surface area contributed by atoms with Crippen molar-refractivity contribution in [2.45, 2.75) is 39.3 Å². The highest BCUT2D eigenvalue weighted by Gasteiger charge is 2.27. The molecule has 27 heavy (non-hydrogen) atoms. The van der Waals surface area contributed by atoms with Crippen LogP contribution in [0.4, 0.5) is 17.1 Å². The lowest BCUT2D eigenvalue weighted by Gasteiger charge is -2.21. The van der Waals surface area contributed by atoms with Crippen LogP contribution in [-0.4, -0.2) is 40.9 Å². The van der Waals surface area contributed by atoms with E-state index in [0.717, 1.165) is 18.2 Å². The number of carbonyl (C=O) groups is 2. The van der Waals surface area contributed by atoms with Gasteiger partial charge in [-0.05, 0) is 25.3 Å². The van der Waals surface area contributed by atoms with Crippen LogP contribution < -0.4 is 10.6 Å². The van der Waals surface area contributed by atoms with E-state index in [2.05, 4.69) is 15.4 Å². The van der Waals surface area contributed by atoms with Gasteiger partial charge in [0.25, 0.3) is 11.4 Å². The molecule has 1 aromatic rings. The number of hydrogen-bond acceptors (Lipinski definition) is 8. The third-order valence-electron chi connectivity index (χ3n) is 3.66. The van der Waals surface area contributed by atoms with Gasteiger partial charge in [0, 0.05) is 6.07 Å². The topological polar surface area (TPSA) is 154 Å². The first-order chi connectivity index (χ1) is 12.6. The Labute approximate surface area is 155 Å². The van der Waals surface area contributed by atoms with Crippen LogP contribution in [0.25, 0.3) is 0 Å². The monoisotopic (exact) mass is 382 g/mol. The number of hydrogen-bond donors (Lipinski definition) is 2. The zero-order chi connectivity index (χ0) is 20.7. The number of nitrogens with zero attached hydrogens (tertiary/aromatic N) is 2. The fourth-order valence-corrected chi connectivity index (χ4v) is 2.33. The molecule has 0 saturated carbocycles. The summed E-state index contributed by atoms with van der Waals surface area (Å²) in [5.41, 5.74) is -1.02. The van der Waals surface area contributed by atoms with E-state index in [4.69, 9.17) is 0 Å². The Bertz CT molecular complexity index is 735. The molecule has 0 heterocycles. The molecule has 1 rings (SSSR count). The fraction of sp³-hybridized carbons (Fsp3) is 0.500. The molecular weight excluding hydrogens is 360 g/mol. The number of nitro benzene ring substituents is 2. The van der Waals surface area contributed by atoms with Crippen LogP contribution >= 0.6 is 0 Å². The predicted octanol–water partition coefficient (Wildman–Crippen LogP) is 2.01. The summed E-state index contributed by atoms with van der Waals surface area (Å²) in [6, 6.07) is 1.27. The second-order valence-corrected chi connectivity index (χ2v) is 6.30. The molecule has 2 N–H and O–H groups in total. The number of amides is 1. The number of benzene rings is 1. The van der Waals surface area contributed by atoms with Gasteiger partial charge < -0.3 is 15.4 Å². The van der Waals surface area contributed by atoms with Gasteiger partial charge in [0.1, 0.15) is 17.8 Å². The maximum Gasteiger partial charge on any atom is 0.328 e. The van der Waals surface area contributed by atoms with E-state index in [1.54, 1.807) is 0 Å². The molecule has 1 amide bonds. The van der Waals surface area contributed by atoms with E-state index >= 15 is 0 Å². The van der Waals surface area contributed by atoms with Gasteiger partial charge in [-0.25, -0.2) is 4.79 Å². The molecule has 0 fully saturated rings. The number of carbonyl (C=O) groups excluding carboxylic acids is 2. The lowest BCUT2D eigenvalue weighted by Crippen LogP contribution is -2.47. The molecule has 0 aliphatic rings. The molecule has 0 radical (unpaired) electrons. The maximum atomic E-state index is 12.4. The molecule has 0 spiro atoms. The van der Waals surface area contributed by atoms with Crippen molar-refractivity contribution in [1.82, 2.24) is 5.32 Å². The first-order valence-electron chi connectivity index (χ1n) is 8.14. The predicted molar refractivity (Wildman–Crippen MR) is 96.2 cm³/mol. The number of nitro groups is 2. The van der Waals surface area contributed by atoms with E-state index in [9.17, 15) is 29.8 Å². The van der Waals surface area contributed by atoms with Crippen LogP contribution in [-0.2, 0) is 14.3 Å². The molecular formula is C16H22N4O7. The van der Waals surface area contributed by atoms with E-state index in [1.165, 1.54) is 14.0 Å². The van der Waals surface area contributed by atoms with Crippen molar-refractivity contribution in [3.05, 3.63) is 38.4 Å². The van der Waals surface area contributed by atoms with Crippen molar-refractivity contribution in [3.8, 4) is 0 Å². The van der Waals surface area contributed by atoms with Crippen LogP contribution in [0, 0.1) is 26.1 Å².